The van der Waals surface area contributed by atoms with Crippen molar-refractivity contribution in [1.82, 2.24) is 0 Å². The van der Waals surface area contributed by atoms with Crippen LogP contribution in [0.1, 0.15) is 20.7 Å². The Labute approximate surface area is 248 Å². The van der Waals surface area contributed by atoms with Crippen LogP contribution >= 0.6 is 136 Å². The van der Waals surface area contributed by atoms with Gasteiger partial charge in [0.05, 0.1) is 7.14 Å². The summed E-state index contributed by atoms with van der Waals surface area (Å²) in [5.41, 5.74) is -0.0940. The van der Waals surface area contributed by atoms with Crippen molar-refractivity contribution in [3.05, 3.63) is 44.7 Å². The fourth-order valence-electron chi connectivity index (χ4n) is 1.50. The van der Waals surface area contributed by atoms with Gasteiger partial charge in [-0.25, -0.2) is 9.59 Å². The fraction of sp³-hybridized carbons (Fsp3) is 0. The summed E-state index contributed by atoms with van der Waals surface area (Å²) in [7, 11) is 0. The van der Waals surface area contributed by atoms with Crippen molar-refractivity contribution >= 4 is 147 Å². The van der Waals surface area contributed by atoms with Gasteiger partial charge in [-0.15, -0.1) is 0 Å². The van der Waals surface area contributed by atoms with Crippen LogP contribution in [0.25, 0.3) is 0 Å². The van der Waals surface area contributed by atoms with E-state index < -0.39 is 11.9 Å². The summed E-state index contributed by atoms with van der Waals surface area (Å²) in [5.74, 6) is -2.52. The molecule has 0 aliphatic rings. The van der Waals surface area contributed by atoms with Gasteiger partial charge in [0.25, 0.3) is 0 Å². The van der Waals surface area contributed by atoms with Crippen molar-refractivity contribution in [3.63, 3.8) is 0 Å². The molecule has 0 radical (unpaired) electrons. The van der Waals surface area contributed by atoms with Gasteiger partial charge in [-0.1, -0.05) is 0 Å². The number of rotatable bonds is 2. The number of aromatic carboxylic acids is 2. The zero-order chi connectivity index (χ0) is 20.3. The van der Waals surface area contributed by atoms with E-state index >= 15 is 0 Å². The van der Waals surface area contributed by atoms with Gasteiger partial charge in [-0.05, 0) is 148 Å². The average molecular weight is 1100 g/mol. The molecule has 0 bridgehead atoms. The smallest absolute Gasteiger partial charge is 0.339 e. The first-order chi connectivity index (χ1) is 11.9. The van der Waals surface area contributed by atoms with Gasteiger partial charge >= 0.3 is 11.9 Å². The van der Waals surface area contributed by atoms with Crippen molar-refractivity contribution in [3.8, 4) is 11.5 Å². The monoisotopic (exact) mass is 1100 g/mol. The van der Waals surface area contributed by atoms with Crippen LogP contribution in [0.5, 0.6) is 11.5 Å². The third-order valence-electron chi connectivity index (χ3n) is 2.73. The molecule has 0 unspecified atom stereocenters. The molecule has 142 valence electrons. The normalized spacial score (nSPS) is 9.70. The van der Waals surface area contributed by atoms with Crippen molar-refractivity contribution < 1.29 is 49.5 Å². The fourth-order valence-corrected chi connectivity index (χ4v) is 5.68. The maximum Gasteiger partial charge on any atom is 0.339 e. The van der Waals surface area contributed by atoms with Gasteiger partial charge in [0.15, 0.2) is 0 Å². The number of aromatic hydroxyl groups is 2. The third kappa shape index (κ3) is 7.56. The molecule has 2 aromatic rings. The molecular weight excluding hydrogens is 1090 g/mol. The van der Waals surface area contributed by atoms with Gasteiger partial charge < -0.3 is 20.4 Å². The molecule has 0 spiro atoms. The van der Waals surface area contributed by atoms with Crippen molar-refractivity contribution in [2.24, 2.45) is 0 Å². The summed E-state index contributed by atoms with van der Waals surface area (Å²) in [6.45, 7) is 0. The summed E-state index contributed by atoms with van der Waals surface area (Å²) in [6, 6.07) is 2.92. The topological polar surface area (TPSA) is 115 Å². The molecule has 4 N–H and O–H groups in total. The molecule has 0 amide bonds. The number of halogens is 6. The largest absolute Gasteiger partial charge is 0.506 e. The van der Waals surface area contributed by atoms with Crippen LogP contribution in [0.15, 0.2) is 12.1 Å². The minimum absolute atomic E-state index is 0. The Balaban J connectivity index is 0.000000483. The van der Waals surface area contributed by atoms with Gasteiger partial charge in [-0.2, -0.15) is 0 Å². The first-order valence-corrected chi connectivity index (χ1v) is 12.6. The van der Waals surface area contributed by atoms with E-state index in [-0.39, 0.29) is 42.1 Å². The second-order valence-corrected chi connectivity index (χ2v) is 11.0. The van der Waals surface area contributed by atoms with E-state index in [0.717, 1.165) is 14.3 Å². The maximum atomic E-state index is 10.7. The number of benzene rings is 2. The average Bonchev–Trinajstić information content (AvgIpc) is 2.57. The molecule has 0 fully saturated rings. The number of hydrogen-bond acceptors (Lipinski definition) is 4. The predicted molar refractivity (Wildman–Crippen MR) is 146 cm³/mol. The van der Waals surface area contributed by atoms with Crippen LogP contribution in [0.3, 0.4) is 0 Å². The van der Waals surface area contributed by atoms with E-state index in [4.69, 9.17) is 10.2 Å². The molecule has 0 heterocycles. The van der Waals surface area contributed by atoms with E-state index in [9.17, 15) is 19.8 Å². The molecule has 0 atom stereocenters. The first kappa shape index (κ1) is 29.0. The SMILES string of the molecule is O=C(O)c1cc(I)c(I)c(I)c1O.O=C(O)c1cc(I)c(I)c(I)c1O.[Zn]. The number of carboxylic acid groups (broad SMARTS) is 2. The van der Waals surface area contributed by atoms with Gasteiger partial charge in [0, 0.05) is 33.8 Å². The van der Waals surface area contributed by atoms with Crippen LogP contribution in [0.4, 0.5) is 0 Å². The van der Waals surface area contributed by atoms with Gasteiger partial charge in [0.1, 0.15) is 22.6 Å². The van der Waals surface area contributed by atoms with Crippen LogP contribution in [-0.4, -0.2) is 32.4 Å². The minimum Gasteiger partial charge on any atom is -0.506 e. The van der Waals surface area contributed by atoms with E-state index in [2.05, 4.69) is 45.2 Å². The number of hydrogen-bond donors (Lipinski definition) is 4. The molecule has 13 heteroatoms. The molecule has 2 aromatic carbocycles. The molecular formula is C14H6I6O6Zn. The zero-order valence-corrected chi connectivity index (χ0v) is 28.6. The van der Waals surface area contributed by atoms with E-state index in [0.29, 0.717) is 7.14 Å². The Hall–Kier alpha value is 1.98. The van der Waals surface area contributed by atoms with Gasteiger partial charge in [-0.3, -0.25) is 0 Å². The minimum atomic E-state index is -1.11. The van der Waals surface area contributed by atoms with Crippen LogP contribution in [-0.2, 0) is 19.5 Å². The van der Waals surface area contributed by atoms with E-state index in [1.165, 1.54) is 12.1 Å². The summed E-state index contributed by atoms with van der Waals surface area (Å²) >= 11 is 12.1. The number of carboxylic acids is 2. The summed E-state index contributed by atoms with van der Waals surface area (Å²) in [6.07, 6.45) is 0. The van der Waals surface area contributed by atoms with E-state index in [1.807, 2.05) is 90.4 Å². The molecule has 0 saturated carbocycles. The Bertz CT molecular complexity index is 831. The molecule has 0 aromatic heterocycles. The second kappa shape index (κ2) is 12.7. The Kier molecular flexibility index (Phi) is 13.7. The van der Waals surface area contributed by atoms with E-state index in [1.54, 1.807) is 0 Å². The van der Waals surface area contributed by atoms with Crippen LogP contribution in [0, 0.1) is 21.4 Å². The zero-order valence-electron chi connectivity index (χ0n) is 12.7. The maximum absolute atomic E-state index is 10.7. The summed E-state index contributed by atoms with van der Waals surface area (Å²) in [5, 5.41) is 36.4. The molecule has 2 rings (SSSR count). The third-order valence-corrected chi connectivity index (χ3v) is 12.9. The summed E-state index contributed by atoms with van der Waals surface area (Å²) in [4.78, 5) is 21.3. The molecule has 0 aliphatic carbocycles. The molecule has 6 nitrogen and oxygen atoms in total. The predicted octanol–water partition coefficient (Wildman–Crippen LogP) is 5.81. The Morgan fingerprint density at radius 3 is 1.11 bits per heavy atom. The van der Waals surface area contributed by atoms with Crippen molar-refractivity contribution in [2.45, 2.75) is 0 Å². The number of carbonyl (C=O) groups is 2. The van der Waals surface area contributed by atoms with Crippen LogP contribution in [0.2, 0.25) is 0 Å². The Morgan fingerprint density at radius 2 is 0.889 bits per heavy atom. The number of phenols is 2. The van der Waals surface area contributed by atoms with Gasteiger partial charge in [0.2, 0.25) is 0 Å². The molecule has 27 heavy (non-hydrogen) atoms. The Morgan fingerprint density at radius 1 is 0.630 bits per heavy atom. The standard InChI is InChI=1S/2C7H3I3O3.Zn/c2*8-3-1-2(7(12)13)6(11)5(10)4(3)9;/h2*1,11H,(H,12,13);. The quantitative estimate of drug-likeness (QED) is 0.172. The van der Waals surface area contributed by atoms with Crippen molar-refractivity contribution in [2.75, 3.05) is 0 Å². The summed E-state index contributed by atoms with van der Waals surface area (Å²) < 4.78 is 4.59. The molecule has 0 aliphatic heterocycles. The van der Waals surface area contributed by atoms with Crippen LogP contribution < -0.4 is 0 Å². The molecule has 0 saturated heterocycles. The first-order valence-electron chi connectivity index (χ1n) is 6.09. The van der Waals surface area contributed by atoms with Crippen molar-refractivity contribution in [1.29, 1.82) is 0 Å². The second-order valence-electron chi connectivity index (χ2n) is 4.38.